The summed E-state index contributed by atoms with van der Waals surface area (Å²) >= 11 is 0. The maximum Gasteiger partial charge on any atom is 0.165 e. The Kier molecular flexibility index (Phi) is 2.81. The average Bonchev–Trinajstić information content (AvgIpc) is 2.85. The number of ether oxygens (including phenoxy) is 1. The van der Waals surface area contributed by atoms with Crippen LogP contribution < -0.4 is 4.74 Å². The Morgan fingerprint density at radius 2 is 2.06 bits per heavy atom. The van der Waals surface area contributed by atoms with Crippen molar-refractivity contribution < 1.29 is 14.2 Å². The molecule has 0 saturated heterocycles. The smallest absolute Gasteiger partial charge is 0.165 e. The lowest BCUT2D eigenvalue weighted by Crippen LogP contribution is -2.58. The molecule has 3 rings (SSSR count). The molecule has 2 unspecified atom stereocenters. The zero-order chi connectivity index (χ0) is 12.8. The summed E-state index contributed by atoms with van der Waals surface area (Å²) in [6.45, 7) is 1.92. The summed E-state index contributed by atoms with van der Waals surface area (Å²) in [5.74, 6) is 0.0216. The number of benzene rings is 1. The largest absolute Gasteiger partial charge is 0.487 e. The lowest BCUT2D eigenvalue weighted by atomic mass is 9.62. The molecule has 0 amide bonds. The number of aliphatic hydroxyl groups excluding tert-OH is 1. The van der Waals surface area contributed by atoms with Crippen molar-refractivity contribution in [2.75, 3.05) is 0 Å². The topological polar surface area (TPSA) is 29.5 Å². The first-order valence-electron chi connectivity index (χ1n) is 6.73. The number of hydrogen-bond acceptors (Lipinski definition) is 2. The number of halogens is 1. The third kappa shape index (κ3) is 1.72. The van der Waals surface area contributed by atoms with Crippen molar-refractivity contribution >= 4 is 0 Å². The summed E-state index contributed by atoms with van der Waals surface area (Å²) in [5, 5.41) is 10.00. The van der Waals surface area contributed by atoms with Gasteiger partial charge in [0.2, 0.25) is 0 Å². The molecule has 2 atom stereocenters. The van der Waals surface area contributed by atoms with E-state index in [1.54, 1.807) is 12.1 Å². The summed E-state index contributed by atoms with van der Waals surface area (Å²) in [4.78, 5) is 0. The third-order valence-corrected chi connectivity index (χ3v) is 4.63. The van der Waals surface area contributed by atoms with E-state index in [1.165, 1.54) is 6.07 Å². The van der Waals surface area contributed by atoms with E-state index in [4.69, 9.17) is 4.74 Å². The minimum atomic E-state index is -0.310. The standard InChI is InChI=1S/C15H19FO2/c1-10-4-5-11(16)12(8-10)18-14-9-13(17)15(14)6-2-3-7-15/h4-5,8,13-14,17H,2-3,6-7,9H2,1H3. The van der Waals surface area contributed by atoms with E-state index in [0.717, 1.165) is 31.2 Å². The van der Waals surface area contributed by atoms with Crippen LogP contribution in [0.2, 0.25) is 0 Å². The molecular weight excluding hydrogens is 231 g/mol. The van der Waals surface area contributed by atoms with Gasteiger partial charge in [0.25, 0.3) is 0 Å². The molecule has 1 N–H and O–H groups in total. The van der Waals surface area contributed by atoms with Gasteiger partial charge in [0.05, 0.1) is 6.10 Å². The SMILES string of the molecule is Cc1ccc(F)c(OC2CC(O)C23CCCC3)c1. The van der Waals surface area contributed by atoms with Crippen LogP contribution in [-0.4, -0.2) is 17.3 Å². The van der Waals surface area contributed by atoms with Crippen LogP contribution in [0.4, 0.5) is 4.39 Å². The van der Waals surface area contributed by atoms with Gasteiger partial charge in [-0.15, -0.1) is 0 Å². The molecule has 2 nitrogen and oxygen atoms in total. The lowest BCUT2D eigenvalue weighted by Gasteiger charge is -2.51. The number of aryl methyl sites for hydroxylation is 1. The molecule has 1 aromatic carbocycles. The van der Waals surface area contributed by atoms with E-state index in [0.29, 0.717) is 12.2 Å². The molecule has 0 aliphatic heterocycles. The molecule has 98 valence electrons. The average molecular weight is 250 g/mol. The normalized spacial score (nSPS) is 29.3. The Balaban J connectivity index is 1.79. The van der Waals surface area contributed by atoms with Crippen molar-refractivity contribution in [2.24, 2.45) is 5.41 Å². The van der Waals surface area contributed by atoms with E-state index in [9.17, 15) is 9.50 Å². The van der Waals surface area contributed by atoms with Gasteiger partial charge in [-0.1, -0.05) is 18.9 Å². The molecule has 18 heavy (non-hydrogen) atoms. The van der Waals surface area contributed by atoms with Gasteiger partial charge in [-0.05, 0) is 37.5 Å². The summed E-state index contributed by atoms with van der Waals surface area (Å²) in [6.07, 6.45) is 4.65. The van der Waals surface area contributed by atoms with Crippen LogP contribution in [-0.2, 0) is 0 Å². The van der Waals surface area contributed by atoms with Crippen molar-refractivity contribution in [3.05, 3.63) is 29.6 Å². The first-order chi connectivity index (χ1) is 8.62. The Morgan fingerprint density at radius 1 is 1.33 bits per heavy atom. The van der Waals surface area contributed by atoms with Crippen LogP contribution in [0.5, 0.6) is 5.75 Å². The van der Waals surface area contributed by atoms with E-state index < -0.39 is 0 Å². The van der Waals surface area contributed by atoms with Gasteiger partial charge in [0, 0.05) is 11.8 Å². The van der Waals surface area contributed by atoms with Crippen molar-refractivity contribution in [3.8, 4) is 5.75 Å². The molecular formula is C15H19FO2. The van der Waals surface area contributed by atoms with Gasteiger partial charge in [-0.25, -0.2) is 4.39 Å². The van der Waals surface area contributed by atoms with Crippen molar-refractivity contribution in [2.45, 2.75) is 51.2 Å². The van der Waals surface area contributed by atoms with Gasteiger partial charge in [0.15, 0.2) is 11.6 Å². The monoisotopic (exact) mass is 250 g/mol. The highest BCUT2D eigenvalue weighted by Gasteiger charge is 2.57. The minimum Gasteiger partial charge on any atom is -0.487 e. The molecule has 2 aliphatic rings. The van der Waals surface area contributed by atoms with Crippen LogP contribution in [0.1, 0.15) is 37.7 Å². The molecule has 1 spiro atoms. The van der Waals surface area contributed by atoms with E-state index in [2.05, 4.69) is 0 Å². The lowest BCUT2D eigenvalue weighted by molar-refractivity contribution is -0.152. The second-order valence-electron chi connectivity index (χ2n) is 5.73. The zero-order valence-electron chi connectivity index (χ0n) is 10.7. The summed E-state index contributed by atoms with van der Waals surface area (Å²) < 4.78 is 19.5. The van der Waals surface area contributed by atoms with Gasteiger partial charge >= 0.3 is 0 Å². The van der Waals surface area contributed by atoms with Crippen molar-refractivity contribution in [1.82, 2.24) is 0 Å². The highest BCUT2D eigenvalue weighted by molar-refractivity contribution is 5.30. The maximum absolute atomic E-state index is 13.7. The summed E-state index contributed by atoms with van der Waals surface area (Å²) in [6, 6.07) is 4.92. The van der Waals surface area contributed by atoms with Crippen LogP contribution in [0, 0.1) is 18.2 Å². The Morgan fingerprint density at radius 3 is 2.72 bits per heavy atom. The fourth-order valence-corrected chi connectivity index (χ4v) is 3.43. The zero-order valence-corrected chi connectivity index (χ0v) is 10.7. The molecule has 2 fully saturated rings. The van der Waals surface area contributed by atoms with Crippen LogP contribution >= 0.6 is 0 Å². The fraction of sp³-hybridized carbons (Fsp3) is 0.600. The van der Waals surface area contributed by atoms with Crippen LogP contribution in [0.3, 0.4) is 0 Å². The second kappa shape index (κ2) is 4.23. The number of rotatable bonds is 2. The van der Waals surface area contributed by atoms with E-state index >= 15 is 0 Å². The van der Waals surface area contributed by atoms with Gasteiger partial charge in [-0.3, -0.25) is 0 Å². The van der Waals surface area contributed by atoms with Gasteiger partial charge in [0.1, 0.15) is 6.10 Å². The third-order valence-electron chi connectivity index (χ3n) is 4.63. The van der Waals surface area contributed by atoms with E-state index in [1.807, 2.05) is 6.92 Å². The molecule has 0 bridgehead atoms. The van der Waals surface area contributed by atoms with Gasteiger partial charge < -0.3 is 9.84 Å². The van der Waals surface area contributed by atoms with Crippen LogP contribution in [0.25, 0.3) is 0 Å². The fourth-order valence-electron chi connectivity index (χ4n) is 3.43. The summed E-state index contributed by atoms with van der Waals surface area (Å²) in [5.41, 5.74) is 0.891. The summed E-state index contributed by atoms with van der Waals surface area (Å²) in [7, 11) is 0. The highest BCUT2D eigenvalue weighted by Crippen LogP contribution is 2.54. The second-order valence-corrected chi connectivity index (χ2v) is 5.73. The molecule has 3 heteroatoms. The molecule has 2 saturated carbocycles. The van der Waals surface area contributed by atoms with Gasteiger partial charge in [-0.2, -0.15) is 0 Å². The highest BCUT2D eigenvalue weighted by atomic mass is 19.1. The van der Waals surface area contributed by atoms with E-state index in [-0.39, 0.29) is 23.4 Å². The molecule has 2 aliphatic carbocycles. The Bertz CT molecular complexity index is 452. The minimum absolute atomic E-state index is 0.0219. The number of hydrogen-bond donors (Lipinski definition) is 1. The Hall–Kier alpha value is -1.09. The quantitative estimate of drug-likeness (QED) is 0.873. The molecule has 0 heterocycles. The molecule has 0 radical (unpaired) electrons. The van der Waals surface area contributed by atoms with Crippen molar-refractivity contribution in [3.63, 3.8) is 0 Å². The molecule has 0 aromatic heterocycles. The van der Waals surface area contributed by atoms with Crippen LogP contribution in [0.15, 0.2) is 18.2 Å². The number of aliphatic hydroxyl groups is 1. The Labute approximate surface area is 107 Å². The predicted molar refractivity (Wildman–Crippen MR) is 67.1 cm³/mol. The maximum atomic E-state index is 13.7. The first-order valence-corrected chi connectivity index (χ1v) is 6.73. The van der Waals surface area contributed by atoms with Crippen molar-refractivity contribution in [1.29, 1.82) is 0 Å². The predicted octanol–water partition coefficient (Wildman–Crippen LogP) is 3.21. The first kappa shape index (κ1) is 12.0. The molecule has 1 aromatic rings.